The molecule has 166 valence electrons. The summed E-state index contributed by atoms with van der Waals surface area (Å²) in [4.78, 5) is 14.2. The fourth-order valence-electron chi connectivity index (χ4n) is 4.66. The van der Waals surface area contributed by atoms with Gasteiger partial charge in [-0.2, -0.15) is 0 Å². The summed E-state index contributed by atoms with van der Waals surface area (Å²) in [5, 5.41) is 23.4. The molecule has 0 aliphatic heterocycles. The summed E-state index contributed by atoms with van der Waals surface area (Å²) in [5.74, 6) is 0.244. The number of aromatic amines is 1. The van der Waals surface area contributed by atoms with Gasteiger partial charge >= 0.3 is 4.87 Å². The van der Waals surface area contributed by atoms with Crippen molar-refractivity contribution in [2.75, 3.05) is 13.1 Å². The van der Waals surface area contributed by atoms with Crippen molar-refractivity contribution >= 4 is 21.6 Å². The molecule has 0 fully saturated rings. The average Bonchev–Trinajstić information content (AvgIpc) is 3.13. The van der Waals surface area contributed by atoms with E-state index in [1.165, 1.54) is 16.9 Å². The molecule has 2 unspecified atom stereocenters. The lowest BCUT2D eigenvalue weighted by molar-refractivity contribution is 0.381. The SMILES string of the molecule is NC1CCc2c(ccc(O)c2O)C1CCCCCNCCc1ccc2[nH]c(=O)sc2c1. The van der Waals surface area contributed by atoms with Crippen molar-refractivity contribution in [1.82, 2.24) is 10.3 Å². The van der Waals surface area contributed by atoms with Crippen LogP contribution in [0.3, 0.4) is 0 Å². The third-order valence-corrected chi connectivity index (χ3v) is 7.23. The molecule has 2 aromatic carbocycles. The van der Waals surface area contributed by atoms with Crippen LogP contribution in [0.25, 0.3) is 10.2 Å². The lowest BCUT2D eigenvalue weighted by Crippen LogP contribution is -2.33. The minimum Gasteiger partial charge on any atom is -0.504 e. The molecule has 1 heterocycles. The Kier molecular flexibility index (Phi) is 6.95. The molecule has 0 bridgehead atoms. The van der Waals surface area contributed by atoms with E-state index in [9.17, 15) is 15.0 Å². The van der Waals surface area contributed by atoms with E-state index in [4.69, 9.17) is 5.73 Å². The Morgan fingerprint density at radius 2 is 2.00 bits per heavy atom. The number of nitrogens with one attached hydrogen (secondary N) is 2. The van der Waals surface area contributed by atoms with Gasteiger partial charge in [-0.15, -0.1) is 0 Å². The van der Waals surface area contributed by atoms with E-state index in [-0.39, 0.29) is 28.3 Å². The first-order valence-electron chi connectivity index (χ1n) is 11.1. The van der Waals surface area contributed by atoms with Gasteiger partial charge in [-0.1, -0.05) is 36.3 Å². The number of phenolic OH excluding ortho intramolecular Hbond substituents is 2. The molecule has 31 heavy (non-hydrogen) atoms. The summed E-state index contributed by atoms with van der Waals surface area (Å²) in [5.41, 5.74) is 10.5. The summed E-state index contributed by atoms with van der Waals surface area (Å²) in [6.45, 7) is 1.91. The molecule has 6 nitrogen and oxygen atoms in total. The van der Waals surface area contributed by atoms with Crippen LogP contribution in [0.15, 0.2) is 35.1 Å². The van der Waals surface area contributed by atoms with Gasteiger partial charge in [0.15, 0.2) is 11.5 Å². The van der Waals surface area contributed by atoms with Gasteiger partial charge in [0.25, 0.3) is 0 Å². The van der Waals surface area contributed by atoms with Gasteiger partial charge in [-0.3, -0.25) is 4.79 Å². The molecule has 4 rings (SSSR count). The minimum absolute atomic E-state index is 0.00195. The van der Waals surface area contributed by atoms with E-state index in [1.807, 2.05) is 12.1 Å². The number of nitrogens with two attached hydrogens (primary N) is 1. The maximum Gasteiger partial charge on any atom is 0.305 e. The zero-order chi connectivity index (χ0) is 21.8. The van der Waals surface area contributed by atoms with Crippen molar-refractivity contribution in [2.45, 2.75) is 56.9 Å². The van der Waals surface area contributed by atoms with Crippen LogP contribution in [0.2, 0.25) is 0 Å². The van der Waals surface area contributed by atoms with Gasteiger partial charge in [-0.05, 0) is 80.4 Å². The molecule has 1 aromatic heterocycles. The minimum atomic E-state index is -0.0390. The fraction of sp³-hybridized carbons (Fsp3) is 0.458. The number of rotatable bonds is 9. The van der Waals surface area contributed by atoms with E-state index in [0.717, 1.165) is 79.4 Å². The average molecular weight is 442 g/mol. The first-order chi connectivity index (χ1) is 15.0. The maximum atomic E-state index is 11.4. The van der Waals surface area contributed by atoms with Gasteiger partial charge in [0.05, 0.1) is 10.2 Å². The van der Waals surface area contributed by atoms with Gasteiger partial charge in [-0.25, -0.2) is 0 Å². The van der Waals surface area contributed by atoms with Crippen molar-refractivity contribution in [3.05, 3.63) is 56.7 Å². The number of aromatic hydroxyl groups is 2. The lowest BCUT2D eigenvalue weighted by Gasteiger charge is -2.32. The number of unbranched alkanes of at least 4 members (excludes halogenated alkanes) is 2. The van der Waals surface area contributed by atoms with Crippen LogP contribution in [0, 0.1) is 0 Å². The summed E-state index contributed by atoms with van der Waals surface area (Å²) in [6.07, 6.45) is 6.90. The Hall–Kier alpha value is -2.35. The molecular weight excluding hydrogens is 410 g/mol. The van der Waals surface area contributed by atoms with Gasteiger partial charge < -0.3 is 26.2 Å². The molecule has 0 saturated carbocycles. The Morgan fingerprint density at radius 1 is 1.13 bits per heavy atom. The van der Waals surface area contributed by atoms with Crippen LogP contribution < -0.4 is 15.9 Å². The quantitative estimate of drug-likeness (QED) is 0.256. The van der Waals surface area contributed by atoms with E-state index < -0.39 is 0 Å². The van der Waals surface area contributed by atoms with Crippen LogP contribution >= 0.6 is 11.3 Å². The first kappa shape index (κ1) is 21.9. The largest absolute Gasteiger partial charge is 0.504 e. The highest BCUT2D eigenvalue weighted by atomic mass is 32.1. The number of phenols is 2. The highest BCUT2D eigenvalue weighted by Crippen LogP contribution is 2.42. The Bertz CT molecular complexity index is 1090. The number of benzene rings is 2. The van der Waals surface area contributed by atoms with Crippen LogP contribution in [-0.4, -0.2) is 34.3 Å². The number of hydrogen-bond donors (Lipinski definition) is 5. The van der Waals surface area contributed by atoms with E-state index >= 15 is 0 Å². The van der Waals surface area contributed by atoms with Crippen molar-refractivity contribution < 1.29 is 10.2 Å². The van der Waals surface area contributed by atoms with Crippen molar-refractivity contribution in [3.63, 3.8) is 0 Å². The smallest absolute Gasteiger partial charge is 0.305 e. The zero-order valence-electron chi connectivity index (χ0n) is 17.7. The number of aromatic nitrogens is 1. The number of H-pyrrole nitrogens is 1. The van der Waals surface area contributed by atoms with Gasteiger partial charge in [0, 0.05) is 11.6 Å². The molecule has 6 N–H and O–H groups in total. The molecule has 0 amide bonds. The van der Waals surface area contributed by atoms with E-state index in [0.29, 0.717) is 0 Å². The Morgan fingerprint density at radius 3 is 2.87 bits per heavy atom. The van der Waals surface area contributed by atoms with Crippen LogP contribution in [0.4, 0.5) is 0 Å². The van der Waals surface area contributed by atoms with E-state index in [2.05, 4.69) is 22.4 Å². The van der Waals surface area contributed by atoms with Gasteiger partial charge in [0.2, 0.25) is 0 Å². The molecule has 2 atom stereocenters. The second-order valence-electron chi connectivity index (χ2n) is 8.50. The fourth-order valence-corrected chi connectivity index (χ4v) is 5.46. The second kappa shape index (κ2) is 9.85. The molecule has 0 saturated heterocycles. The maximum absolute atomic E-state index is 11.4. The summed E-state index contributed by atoms with van der Waals surface area (Å²) < 4.78 is 1.02. The topological polar surface area (TPSA) is 111 Å². The predicted molar refractivity (Wildman–Crippen MR) is 126 cm³/mol. The highest BCUT2D eigenvalue weighted by molar-refractivity contribution is 7.16. The summed E-state index contributed by atoms with van der Waals surface area (Å²) >= 11 is 1.26. The zero-order valence-corrected chi connectivity index (χ0v) is 18.5. The molecule has 1 aliphatic rings. The van der Waals surface area contributed by atoms with Crippen molar-refractivity contribution in [2.24, 2.45) is 5.73 Å². The third kappa shape index (κ3) is 5.11. The number of thiazole rings is 1. The molecule has 0 radical (unpaired) electrons. The Balaban J connectivity index is 1.16. The monoisotopic (exact) mass is 441 g/mol. The van der Waals surface area contributed by atoms with Gasteiger partial charge in [0.1, 0.15) is 0 Å². The number of hydrogen-bond acceptors (Lipinski definition) is 6. The molecule has 3 aromatic rings. The molecule has 7 heteroatoms. The third-order valence-electron chi connectivity index (χ3n) is 6.39. The molecule has 1 aliphatic carbocycles. The van der Waals surface area contributed by atoms with Crippen LogP contribution in [0.5, 0.6) is 11.5 Å². The second-order valence-corrected chi connectivity index (χ2v) is 9.52. The molecule has 0 spiro atoms. The first-order valence-corrected chi connectivity index (χ1v) is 12.0. The van der Waals surface area contributed by atoms with Crippen molar-refractivity contribution in [3.8, 4) is 11.5 Å². The lowest BCUT2D eigenvalue weighted by atomic mass is 9.76. The normalized spacial score (nSPS) is 18.4. The van der Waals surface area contributed by atoms with E-state index in [1.54, 1.807) is 6.07 Å². The van der Waals surface area contributed by atoms with Crippen molar-refractivity contribution in [1.29, 1.82) is 0 Å². The molecular formula is C24H31N3O3S. The summed E-state index contributed by atoms with van der Waals surface area (Å²) in [7, 11) is 0. The number of fused-ring (bicyclic) bond motifs is 2. The highest BCUT2D eigenvalue weighted by Gasteiger charge is 2.29. The van der Waals surface area contributed by atoms with Crippen LogP contribution in [0.1, 0.15) is 54.7 Å². The summed E-state index contributed by atoms with van der Waals surface area (Å²) in [6, 6.07) is 9.79. The predicted octanol–water partition coefficient (Wildman–Crippen LogP) is 3.75. The Labute approximate surface area is 186 Å². The van der Waals surface area contributed by atoms with Crippen LogP contribution in [-0.2, 0) is 12.8 Å². The standard InChI is InChI=1S/C24H31N3O3S/c25-19-8-6-18-16(7-10-21(28)23(18)29)17(19)4-2-1-3-12-26-13-11-15-5-9-20-22(14-15)31-24(30)27-20/h5,7,9-10,14,17,19,26,28-29H,1-4,6,8,11-13,25H2,(H,27,30).